The Kier molecular flexibility index (Phi) is 4.16. The van der Waals surface area contributed by atoms with Gasteiger partial charge < -0.3 is 5.32 Å². The van der Waals surface area contributed by atoms with Gasteiger partial charge in [0.1, 0.15) is 11.8 Å². The minimum atomic E-state index is 0.498. The molecular weight excluding hydrogens is 268 g/mol. The van der Waals surface area contributed by atoms with Gasteiger partial charge in [-0.2, -0.15) is 5.26 Å². The van der Waals surface area contributed by atoms with Crippen LogP contribution in [-0.2, 0) is 0 Å². The number of benzene rings is 1. The second-order valence-electron chi connectivity index (χ2n) is 4.78. The third-order valence-corrected chi connectivity index (χ3v) is 4.46. The molecule has 3 rings (SSSR count). The van der Waals surface area contributed by atoms with E-state index in [1.165, 1.54) is 11.3 Å². The minimum Gasteiger partial charge on any atom is -0.315 e. The first-order valence-electron chi connectivity index (χ1n) is 6.79. The van der Waals surface area contributed by atoms with Crippen molar-refractivity contribution < 1.29 is 0 Å². The second-order valence-corrected chi connectivity index (χ2v) is 5.95. The molecule has 0 spiro atoms. The van der Waals surface area contributed by atoms with E-state index in [1.807, 2.05) is 12.1 Å². The van der Waals surface area contributed by atoms with Gasteiger partial charge in [-0.05, 0) is 48.5 Å². The average Bonchev–Trinajstić information content (AvgIpc) is 2.75. The molecule has 0 saturated carbocycles. The molecule has 0 bridgehead atoms. The molecule has 1 aromatic carbocycles. The van der Waals surface area contributed by atoms with Crippen LogP contribution in [0, 0.1) is 11.3 Å². The van der Waals surface area contributed by atoms with Crippen LogP contribution in [-0.4, -0.2) is 35.5 Å². The predicted molar refractivity (Wildman–Crippen MR) is 81.4 cm³/mol. The zero-order chi connectivity index (χ0) is 13.8. The summed E-state index contributed by atoms with van der Waals surface area (Å²) in [6.45, 7) is 4.31. The largest absolute Gasteiger partial charge is 0.315 e. The lowest BCUT2D eigenvalue weighted by Gasteiger charge is -2.18. The lowest BCUT2D eigenvalue weighted by atomic mass is 10.1. The zero-order valence-electron chi connectivity index (χ0n) is 11.2. The molecule has 4 nitrogen and oxygen atoms in total. The Bertz CT molecular complexity index is 642. The molecule has 1 aliphatic rings. The Morgan fingerprint density at radius 1 is 1.25 bits per heavy atom. The van der Waals surface area contributed by atoms with Crippen molar-refractivity contribution in [1.82, 2.24) is 14.6 Å². The molecule has 1 fully saturated rings. The van der Waals surface area contributed by atoms with Crippen LogP contribution in [0.2, 0.25) is 0 Å². The van der Waals surface area contributed by atoms with Gasteiger partial charge in [0, 0.05) is 36.1 Å². The first-order chi connectivity index (χ1) is 9.86. The molecule has 1 N–H and O–H groups in total. The van der Waals surface area contributed by atoms with Crippen LogP contribution in [0.5, 0.6) is 0 Å². The number of nitrogens with zero attached hydrogens (tertiary/aromatic N) is 3. The van der Waals surface area contributed by atoms with Crippen molar-refractivity contribution >= 4 is 22.7 Å². The lowest BCUT2D eigenvalue weighted by molar-refractivity contribution is 0.502. The zero-order valence-corrected chi connectivity index (χ0v) is 12.0. The summed E-state index contributed by atoms with van der Waals surface area (Å²) in [5, 5.41) is 14.5. The van der Waals surface area contributed by atoms with E-state index in [-0.39, 0.29) is 0 Å². The topological polar surface area (TPSA) is 52.0 Å². The monoisotopic (exact) mass is 284 g/mol. The number of nitrogens with one attached hydrogen (secondary N) is 1. The number of fused-ring (bicyclic) bond motifs is 1. The van der Waals surface area contributed by atoms with E-state index in [9.17, 15) is 0 Å². The van der Waals surface area contributed by atoms with E-state index in [2.05, 4.69) is 32.8 Å². The molecule has 102 valence electrons. The maximum atomic E-state index is 9.06. The third-order valence-electron chi connectivity index (χ3n) is 3.38. The van der Waals surface area contributed by atoms with Crippen LogP contribution in [0.3, 0.4) is 0 Å². The minimum absolute atomic E-state index is 0.498. The van der Waals surface area contributed by atoms with Crippen molar-refractivity contribution in [2.75, 3.05) is 26.2 Å². The molecule has 0 atom stereocenters. The van der Waals surface area contributed by atoms with Gasteiger partial charge in [-0.15, -0.1) is 0 Å². The standard InChI is InChI=1S/C15H16N4S/c16-11-15-14-3-2-13(10-12(14)4-6-18-15)20-19-8-1-5-17-7-9-19/h2-4,6,10,17H,1,5,7-9H2. The van der Waals surface area contributed by atoms with Gasteiger partial charge in [0.15, 0.2) is 0 Å². The van der Waals surface area contributed by atoms with E-state index >= 15 is 0 Å². The van der Waals surface area contributed by atoms with Gasteiger partial charge in [-0.25, -0.2) is 9.29 Å². The first kappa shape index (κ1) is 13.4. The fourth-order valence-corrected chi connectivity index (χ4v) is 3.37. The van der Waals surface area contributed by atoms with Gasteiger partial charge >= 0.3 is 0 Å². The highest BCUT2D eigenvalue weighted by Crippen LogP contribution is 2.27. The van der Waals surface area contributed by atoms with Crippen LogP contribution >= 0.6 is 11.9 Å². The maximum absolute atomic E-state index is 9.06. The molecule has 1 aliphatic heterocycles. The number of nitriles is 1. The number of hydrogen-bond donors (Lipinski definition) is 1. The summed E-state index contributed by atoms with van der Waals surface area (Å²) in [5.41, 5.74) is 0.498. The normalized spacial score (nSPS) is 16.8. The maximum Gasteiger partial charge on any atom is 0.148 e. The van der Waals surface area contributed by atoms with E-state index in [1.54, 1.807) is 18.1 Å². The van der Waals surface area contributed by atoms with Gasteiger partial charge in [-0.1, -0.05) is 6.07 Å². The van der Waals surface area contributed by atoms with Crippen LogP contribution in [0.25, 0.3) is 10.8 Å². The summed E-state index contributed by atoms with van der Waals surface area (Å²) < 4.78 is 2.40. The Morgan fingerprint density at radius 3 is 3.10 bits per heavy atom. The van der Waals surface area contributed by atoms with Crippen LogP contribution < -0.4 is 5.32 Å². The summed E-state index contributed by atoms with van der Waals surface area (Å²) in [5.74, 6) is 0. The van der Waals surface area contributed by atoms with Gasteiger partial charge in [0.05, 0.1) is 0 Å². The Balaban J connectivity index is 1.84. The van der Waals surface area contributed by atoms with Crippen molar-refractivity contribution in [2.45, 2.75) is 11.3 Å². The number of hydrogen-bond acceptors (Lipinski definition) is 5. The smallest absolute Gasteiger partial charge is 0.148 e. The highest BCUT2D eigenvalue weighted by molar-refractivity contribution is 7.97. The third kappa shape index (κ3) is 2.93. The number of pyridine rings is 1. The molecule has 2 heterocycles. The van der Waals surface area contributed by atoms with E-state index in [0.29, 0.717) is 5.69 Å². The molecular formula is C15H16N4S. The summed E-state index contributed by atoms with van der Waals surface area (Å²) in [7, 11) is 0. The second kappa shape index (κ2) is 6.23. The van der Waals surface area contributed by atoms with Crippen molar-refractivity contribution in [3.8, 4) is 6.07 Å². The van der Waals surface area contributed by atoms with Gasteiger partial charge in [0.25, 0.3) is 0 Å². The molecule has 2 aromatic rings. The van der Waals surface area contributed by atoms with Gasteiger partial charge in [0.2, 0.25) is 0 Å². The van der Waals surface area contributed by atoms with Crippen molar-refractivity contribution in [3.63, 3.8) is 0 Å². The SMILES string of the molecule is N#Cc1nccc2cc(SN3CCCNCC3)ccc12. The van der Waals surface area contributed by atoms with Crippen molar-refractivity contribution in [2.24, 2.45) is 0 Å². The number of rotatable bonds is 2. The van der Waals surface area contributed by atoms with Crippen molar-refractivity contribution in [3.05, 3.63) is 36.2 Å². The van der Waals surface area contributed by atoms with Crippen molar-refractivity contribution in [1.29, 1.82) is 5.26 Å². The van der Waals surface area contributed by atoms with E-state index in [4.69, 9.17) is 5.26 Å². The summed E-state index contributed by atoms with van der Waals surface area (Å²) in [6.07, 6.45) is 2.88. The fraction of sp³-hybridized carbons (Fsp3) is 0.333. The van der Waals surface area contributed by atoms with E-state index < -0.39 is 0 Å². The molecule has 1 aromatic heterocycles. The van der Waals surface area contributed by atoms with E-state index in [0.717, 1.165) is 37.0 Å². The van der Waals surface area contributed by atoms with Gasteiger partial charge in [-0.3, -0.25) is 0 Å². The fourth-order valence-electron chi connectivity index (χ4n) is 2.36. The quantitative estimate of drug-likeness (QED) is 0.858. The Morgan fingerprint density at radius 2 is 2.20 bits per heavy atom. The highest BCUT2D eigenvalue weighted by Gasteiger charge is 2.10. The number of aromatic nitrogens is 1. The summed E-state index contributed by atoms with van der Waals surface area (Å²) >= 11 is 1.80. The first-order valence-corrected chi connectivity index (χ1v) is 7.57. The summed E-state index contributed by atoms with van der Waals surface area (Å²) in [4.78, 5) is 5.31. The Labute approximate surface area is 122 Å². The van der Waals surface area contributed by atoms with Crippen LogP contribution in [0.4, 0.5) is 0 Å². The average molecular weight is 284 g/mol. The lowest BCUT2D eigenvalue weighted by Crippen LogP contribution is -2.22. The molecule has 0 amide bonds. The molecule has 1 saturated heterocycles. The Hall–Kier alpha value is -1.61. The molecule has 20 heavy (non-hydrogen) atoms. The molecule has 0 radical (unpaired) electrons. The summed E-state index contributed by atoms with van der Waals surface area (Å²) in [6, 6.07) is 10.3. The van der Waals surface area contributed by atoms with Crippen LogP contribution in [0.1, 0.15) is 12.1 Å². The molecule has 5 heteroatoms. The molecule has 0 unspecified atom stereocenters. The highest BCUT2D eigenvalue weighted by atomic mass is 32.2. The van der Waals surface area contributed by atoms with Crippen LogP contribution in [0.15, 0.2) is 35.4 Å². The predicted octanol–water partition coefficient (Wildman–Crippen LogP) is 2.41. The molecule has 0 aliphatic carbocycles.